The van der Waals surface area contributed by atoms with Crippen LogP contribution in [0.15, 0.2) is 47.4 Å². The van der Waals surface area contributed by atoms with Crippen molar-refractivity contribution in [1.29, 1.82) is 0 Å². The van der Waals surface area contributed by atoms with E-state index in [0.29, 0.717) is 23.9 Å². The molecule has 1 aliphatic heterocycles. The van der Waals surface area contributed by atoms with E-state index >= 15 is 0 Å². The summed E-state index contributed by atoms with van der Waals surface area (Å²) in [4.78, 5) is 48.8. The fourth-order valence-electron chi connectivity index (χ4n) is 3.75. The van der Waals surface area contributed by atoms with Gasteiger partial charge in [0.05, 0.1) is 18.0 Å². The summed E-state index contributed by atoms with van der Waals surface area (Å²) in [6.07, 6.45) is -0.964. The van der Waals surface area contributed by atoms with Gasteiger partial charge in [0, 0.05) is 29.9 Å². The highest BCUT2D eigenvalue weighted by molar-refractivity contribution is 7.99. The first kappa shape index (κ1) is 30.9. The number of hydrogen-bond acceptors (Lipinski definition) is 8. The van der Waals surface area contributed by atoms with Crippen LogP contribution in [0.1, 0.15) is 31.6 Å². The van der Waals surface area contributed by atoms with Crippen molar-refractivity contribution in [2.24, 2.45) is 0 Å². The molecule has 2 N–H and O–H groups in total. The van der Waals surface area contributed by atoms with E-state index in [2.05, 4.69) is 18.7 Å². The van der Waals surface area contributed by atoms with Crippen LogP contribution in [0.4, 0.5) is 5.69 Å². The number of thioether (sulfide) groups is 1. The zero-order chi connectivity index (χ0) is 28.4. The number of anilines is 1. The Morgan fingerprint density at radius 1 is 1.05 bits per heavy atom. The quantitative estimate of drug-likeness (QED) is 0.357. The molecule has 2 aromatic carbocycles. The molecule has 0 saturated heterocycles. The van der Waals surface area contributed by atoms with Gasteiger partial charge in [0.1, 0.15) is 5.75 Å². The van der Waals surface area contributed by atoms with Gasteiger partial charge in [-0.2, -0.15) is 0 Å². The molecule has 2 atom stereocenters. The molecule has 38 heavy (non-hydrogen) atoms. The number of aliphatic carboxylic acids is 2. The summed E-state index contributed by atoms with van der Waals surface area (Å²) in [7, 11) is 1.60. The molecule has 0 saturated carbocycles. The third-order valence-electron chi connectivity index (χ3n) is 5.71. The molecule has 0 bridgehead atoms. The molecule has 10 nitrogen and oxygen atoms in total. The Bertz CT molecular complexity index is 1130. The van der Waals surface area contributed by atoms with Crippen molar-refractivity contribution in [3.8, 4) is 5.75 Å². The first-order valence-electron chi connectivity index (χ1n) is 11.8. The van der Waals surface area contributed by atoms with Gasteiger partial charge in [-0.3, -0.25) is 9.59 Å². The van der Waals surface area contributed by atoms with Crippen LogP contribution >= 0.6 is 23.4 Å². The number of halogens is 1. The molecule has 1 heterocycles. The Hall–Kier alpha value is -3.28. The van der Waals surface area contributed by atoms with Crippen molar-refractivity contribution in [3.63, 3.8) is 0 Å². The van der Waals surface area contributed by atoms with Gasteiger partial charge in [0.2, 0.25) is 0 Å². The molecule has 1 aliphatic rings. The lowest BCUT2D eigenvalue weighted by molar-refractivity contribution is -0.159. The van der Waals surface area contributed by atoms with E-state index in [1.54, 1.807) is 18.1 Å². The second kappa shape index (κ2) is 14.6. The number of nitrogens with zero attached hydrogens (tertiary/aromatic N) is 2. The van der Waals surface area contributed by atoms with Gasteiger partial charge >= 0.3 is 17.9 Å². The van der Waals surface area contributed by atoms with E-state index in [1.807, 2.05) is 36.4 Å². The number of carboxylic acids is 2. The molecular formula is C26H31ClN2O8S. The van der Waals surface area contributed by atoms with Crippen molar-refractivity contribution in [3.05, 3.63) is 53.1 Å². The zero-order valence-corrected chi connectivity index (χ0v) is 23.1. The van der Waals surface area contributed by atoms with Crippen LogP contribution in [0.25, 0.3) is 0 Å². The molecule has 2 aromatic rings. The molecule has 1 amide bonds. The van der Waals surface area contributed by atoms with E-state index < -0.39 is 29.3 Å². The van der Waals surface area contributed by atoms with Gasteiger partial charge in [-0.05, 0) is 49.0 Å². The van der Waals surface area contributed by atoms with Gasteiger partial charge in [0.15, 0.2) is 6.10 Å². The highest BCUT2D eigenvalue weighted by atomic mass is 35.5. The van der Waals surface area contributed by atoms with Crippen molar-refractivity contribution in [2.45, 2.75) is 37.0 Å². The van der Waals surface area contributed by atoms with Gasteiger partial charge in [-0.15, -0.1) is 11.8 Å². The summed E-state index contributed by atoms with van der Waals surface area (Å²) in [6.45, 7) is 8.51. The normalized spacial score (nSPS) is 16.6. The third-order valence-corrected chi connectivity index (χ3v) is 7.29. The van der Waals surface area contributed by atoms with Gasteiger partial charge < -0.3 is 29.5 Å². The molecular weight excluding hydrogens is 536 g/mol. The zero-order valence-electron chi connectivity index (χ0n) is 21.5. The van der Waals surface area contributed by atoms with Crippen LogP contribution in [-0.4, -0.2) is 78.3 Å². The molecule has 0 spiro atoms. The minimum Gasteiger partial charge on any atom is -0.497 e. The summed E-state index contributed by atoms with van der Waals surface area (Å²) in [5, 5.41) is 14.9. The maximum Gasteiger partial charge on any atom is 0.414 e. The minimum absolute atomic E-state index is 0.234. The third kappa shape index (κ3) is 8.37. The summed E-state index contributed by atoms with van der Waals surface area (Å²) in [6, 6.07) is 13.0. The number of ether oxygens (including phenoxy) is 2. The van der Waals surface area contributed by atoms with Crippen molar-refractivity contribution < 1.29 is 38.9 Å². The summed E-state index contributed by atoms with van der Waals surface area (Å²) < 4.78 is 10.9. The minimum atomic E-state index is -1.82. The number of likely N-dealkylation sites (N-methyl/N-ethyl adjacent to an activating group) is 1. The number of benzene rings is 2. The largest absolute Gasteiger partial charge is 0.497 e. The average molecular weight is 567 g/mol. The first-order chi connectivity index (χ1) is 18.0. The fraction of sp³-hybridized carbons (Fsp3) is 0.385. The Labute approximate surface area is 230 Å². The number of esters is 1. The monoisotopic (exact) mass is 566 g/mol. The standard InChI is InChI=1S/C24H29ClN2O4S.C2H2O4/c1-5-26(6-2)13-14-27-20-12-9-18(25)15-21(20)32-23(22(24(27)29)31-16(3)28)17-7-10-19(30-4)11-8-17;3-1(4)2(5)6/h7-12,15,22-23H,5-6,13-14H2,1-4H3;(H,3,4)(H,5,6)/t22-,23+;/m0./s1. The van der Waals surface area contributed by atoms with Gasteiger partial charge in [-0.25, -0.2) is 9.59 Å². The number of amides is 1. The van der Waals surface area contributed by atoms with E-state index in [0.717, 1.165) is 29.2 Å². The molecule has 0 aromatic heterocycles. The number of rotatable bonds is 8. The van der Waals surface area contributed by atoms with Crippen LogP contribution in [0.3, 0.4) is 0 Å². The Balaban J connectivity index is 0.000000757. The number of carbonyl (C=O) groups is 4. The smallest absolute Gasteiger partial charge is 0.414 e. The Morgan fingerprint density at radius 3 is 2.16 bits per heavy atom. The summed E-state index contributed by atoms with van der Waals surface area (Å²) in [5.74, 6) is -3.66. The number of carboxylic acid groups (broad SMARTS) is 2. The molecule has 12 heteroatoms. The average Bonchev–Trinajstić information content (AvgIpc) is 2.99. The summed E-state index contributed by atoms with van der Waals surface area (Å²) >= 11 is 7.80. The molecule has 3 rings (SSSR count). The van der Waals surface area contributed by atoms with Gasteiger partial charge in [-0.1, -0.05) is 37.6 Å². The molecule has 0 aliphatic carbocycles. The first-order valence-corrected chi connectivity index (χ1v) is 13.0. The van der Waals surface area contributed by atoms with E-state index in [-0.39, 0.29) is 5.91 Å². The predicted octanol–water partition coefficient (Wildman–Crippen LogP) is 3.96. The lowest BCUT2D eigenvalue weighted by Gasteiger charge is -2.29. The number of hydrogen-bond donors (Lipinski definition) is 2. The van der Waals surface area contributed by atoms with E-state index in [4.69, 9.17) is 40.9 Å². The lowest BCUT2D eigenvalue weighted by atomic mass is 10.1. The highest BCUT2D eigenvalue weighted by Gasteiger charge is 2.41. The number of methoxy groups -OCH3 is 1. The van der Waals surface area contributed by atoms with Gasteiger partial charge in [0.25, 0.3) is 5.91 Å². The van der Waals surface area contributed by atoms with Crippen LogP contribution in [-0.2, 0) is 23.9 Å². The van der Waals surface area contributed by atoms with E-state index in [1.165, 1.54) is 18.7 Å². The van der Waals surface area contributed by atoms with Crippen LogP contribution in [0.5, 0.6) is 5.75 Å². The van der Waals surface area contributed by atoms with Crippen LogP contribution in [0.2, 0.25) is 5.02 Å². The van der Waals surface area contributed by atoms with Crippen molar-refractivity contribution >= 4 is 52.9 Å². The SMILES string of the molecule is CCN(CC)CCN1C(=O)[C@@H](OC(C)=O)[C@@H](c2ccc(OC)cc2)Sc2cc(Cl)ccc21.O=C(O)C(=O)O. The van der Waals surface area contributed by atoms with Crippen LogP contribution < -0.4 is 9.64 Å². The molecule has 0 fully saturated rings. The Morgan fingerprint density at radius 2 is 1.66 bits per heavy atom. The molecule has 206 valence electrons. The van der Waals surface area contributed by atoms with Crippen LogP contribution in [0, 0.1) is 0 Å². The molecule has 0 radical (unpaired) electrons. The maximum atomic E-state index is 13.8. The number of carbonyl (C=O) groups excluding carboxylic acids is 2. The van der Waals surface area contributed by atoms with Crippen molar-refractivity contribution in [1.82, 2.24) is 4.90 Å². The van der Waals surface area contributed by atoms with E-state index in [9.17, 15) is 9.59 Å². The number of fused-ring (bicyclic) bond motifs is 1. The second-order valence-electron chi connectivity index (χ2n) is 8.08. The Kier molecular flexibility index (Phi) is 11.9. The van der Waals surface area contributed by atoms with Crippen molar-refractivity contribution in [2.75, 3.05) is 38.2 Å². The maximum absolute atomic E-state index is 13.8. The predicted molar refractivity (Wildman–Crippen MR) is 144 cm³/mol. The topological polar surface area (TPSA) is 134 Å². The second-order valence-corrected chi connectivity index (χ2v) is 9.70. The summed E-state index contributed by atoms with van der Waals surface area (Å²) in [5.41, 5.74) is 1.65. The highest BCUT2D eigenvalue weighted by Crippen LogP contribution is 2.47. The molecule has 0 unspecified atom stereocenters. The fourth-order valence-corrected chi connectivity index (χ4v) is 5.34. The lowest BCUT2D eigenvalue weighted by Crippen LogP contribution is -2.45.